The van der Waals surface area contributed by atoms with Crippen LogP contribution in [0.4, 0.5) is 0 Å². The molecule has 0 atom stereocenters. The summed E-state index contributed by atoms with van der Waals surface area (Å²) in [6.07, 6.45) is 0. The molecule has 3 aromatic rings. The number of carbonyl (C=O) groups is 1. The van der Waals surface area contributed by atoms with Crippen LogP contribution in [0, 0.1) is 0 Å². The molecule has 3 rings (SSSR count). The summed E-state index contributed by atoms with van der Waals surface area (Å²) in [7, 11) is 1.60. The lowest BCUT2D eigenvalue weighted by Gasteiger charge is -1.97. The van der Waals surface area contributed by atoms with E-state index in [1.807, 2.05) is 18.2 Å². The smallest absolute Gasteiger partial charge is 0.356 e. The minimum atomic E-state index is -1.10. The fraction of sp³-hybridized carbons (Fsp3) is 0.0769. The molecule has 7 nitrogen and oxygen atoms in total. The van der Waals surface area contributed by atoms with Crippen LogP contribution in [0.5, 0.6) is 5.75 Å². The van der Waals surface area contributed by atoms with E-state index in [2.05, 4.69) is 20.2 Å². The van der Waals surface area contributed by atoms with E-state index in [1.165, 1.54) is 17.8 Å². The lowest BCUT2D eigenvalue weighted by Crippen LogP contribution is -2.01. The third-order valence-electron chi connectivity index (χ3n) is 2.73. The molecule has 0 saturated heterocycles. The molecule has 0 radical (unpaired) electrons. The topological polar surface area (TPSA) is 101 Å². The number of carboxylic acid groups (broad SMARTS) is 1. The van der Waals surface area contributed by atoms with Crippen LogP contribution in [0.25, 0.3) is 11.0 Å². The van der Waals surface area contributed by atoms with Crippen molar-refractivity contribution in [3.05, 3.63) is 36.0 Å². The van der Waals surface area contributed by atoms with Crippen molar-refractivity contribution in [2.75, 3.05) is 7.11 Å². The molecule has 1 aromatic carbocycles. The van der Waals surface area contributed by atoms with Crippen molar-refractivity contribution < 1.29 is 14.6 Å². The second kappa shape index (κ2) is 5.41. The van der Waals surface area contributed by atoms with Gasteiger partial charge in [0.1, 0.15) is 10.8 Å². The Bertz CT molecular complexity index is 801. The van der Waals surface area contributed by atoms with E-state index in [-0.39, 0.29) is 5.69 Å². The second-order valence-corrected chi connectivity index (χ2v) is 5.10. The van der Waals surface area contributed by atoms with Gasteiger partial charge in [0.2, 0.25) is 0 Å². The van der Waals surface area contributed by atoms with Crippen molar-refractivity contribution in [3.63, 3.8) is 0 Å². The van der Waals surface area contributed by atoms with Gasteiger partial charge in [0, 0.05) is 6.07 Å². The monoisotopic (exact) mass is 302 g/mol. The Morgan fingerprint density at radius 2 is 2.14 bits per heavy atom. The van der Waals surface area contributed by atoms with Gasteiger partial charge in [-0.1, -0.05) is 0 Å². The van der Waals surface area contributed by atoms with E-state index in [1.54, 1.807) is 13.2 Å². The Kier molecular flexibility index (Phi) is 3.44. The predicted molar refractivity (Wildman–Crippen MR) is 75.8 cm³/mol. The van der Waals surface area contributed by atoms with Crippen molar-refractivity contribution in [2.24, 2.45) is 0 Å². The number of imidazole rings is 1. The molecule has 8 heteroatoms. The molecule has 0 aliphatic carbocycles. The van der Waals surface area contributed by atoms with Gasteiger partial charge in [-0.3, -0.25) is 0 Å². The maximum absolute atomic E-state index is 10.7. The fourth-order valence-corrected chi connectivity index (χ4v) is 2.45. The number of ether oxygens (including phenoxy) is 1. The number of methoxy groups -OCH3 is 1. The number of benzene rings is 1. The van der Waals surface area contributed by atoms with Gasteiger partial charge in [-0.2, -0.15) is 0 Å². The fourth-order valence-electron chi connectivity index (χ4n) is 1.73. The van der Waals surface area contributed by atoms with Gasteiger partial charge in [-0.15, -0.1) is 10.2 Å². The first kappa shape index (κ1) is 13.4. The first-order chi connectivity index (χ1) is 10.2. The van der Waals surface area contributed by atoms with Crippen molar-refractivity contribution in [1.82, 2.24) is 20.2 Å². The molecule has 0 fully saturated rings. The van der Waals surface area contributed by atoms with Crippen molar-refractivity contribution in [2.45, 2.75) is 10.2 Å². The van der Waals surface area contributed by atoms with Crippen LogP contribution < -0.4 is 4.74 Å². The normalized spacial score (nSPS) is 10.7. The summed E-state index contributed by atoms with van der Waals surface area (Å²) < 4.78 is 5.15. The molecule has 0 saturated carbocycles. The molecule has 21 heavy (non-hydrogen) atoms. The molecular weight excluding hydrogens is 292 g/mol. The maximum atomic E-state index is 10.7. The number of nitrogens with one attached hydrogen (secondary N) is 1. The minimum absolute atomic E-state index is 0.0892. The molecule has 0 amide bonds. The van der Waals surface area contributed by atoms with E-state index in [9.17, 15) is 4.79 Å². The standard InChI is InChI=1S/C13H10N4O3S/c1-20-7-2-3-8-10(6-7)15-13(14-8)21-11-5-4-9(12(18)19)16-17-11/h2-6H,1H3,(H,14,15)(H,18,19). The highest BCUT2D eigenvalue weighted by atomic mass is 32.2. The van der Waals surface area contributed by atoms with E-state index >= 15 is 0 Å². The summed E-state index contributed by atoms with van der Waals surface area (Å²) in [5.41, 5.74) is 1.58. The van der Waals surface area contributed by atoms with Crippen LogP contribution >= 0.6 is 11.8 Å². The number of hydrogen-bond acceptors (Lipinski definition) is 6. The van der Waals surface area contributed by atoms with E-state index in [0.29, 0.717) is 10.2 Å². The lowest BCUT2D eigenvalue weighted by atomic mass is 10.3. The zero-order valence-electron chi connectivity index (χ0n) is 10.9. The van der Waals surface area contributed by atoms with Gasteiger partial charge in [0.05, 0.1) is 18.1 Å². The van der Waals surface area contributed by atoms with Crippen LogP contribution in [0.1, 0.15) is 10.5 Å². The molecule has 106 valence electrons. The van der Waals surface area contributed by atoms with Crippen molar-refractivity contribution in [1.29, 1.82) is 0 Å². The Labute approximate surface area is 123 Å². The van der Waals surface area contributed by atoms with Gasteiger partial charge in [-0.25, -0.2) is 9.78 Å². The summed E-state index contributed by atoms with van der Waals surface area (Å²) >= 11 is 1.27. The molecule has 0 unspecified atom stereocenters. The van der Waals surface area contributed by atoms with Crippen LogP contribution in [0.3, 0.4) is 0 Å². The predicted octanol–water partition coefficient (Wildman–Crippen LogP) is 2.21. The first-order valence-corrected chi connectivity index (χ1v) is 6.76. The average molecular weight is 302 g/mol. The number of aromatic nitrogens is 4. The summed E-state index contributed by atoms with van der Waals surface area (Å²) in [5, 5.41) is 17.5. The van der Waals surface area contributed by atoms with Crippen LogP contribution in [0.2, 0.25) is 0 Å². The quantitative estimate of drug-likeness (QED) is 0.761. The number of carboxylic acids is 1. The molecule has 2 heterocycles. The zero-order valence-corrected chi connectivity index (χ0v) is 11.7. The number of H-pyrrole nitrogens is 1. The van der Waals surface area contributed by atoms with Gasteiger partial charge in [0.15, 0.2) is 10.9 Å². The maximum Gasteiger partial charge on any atom is 0.356 e. The number of hydrogen-bond donors (Lipinski definition) is 2. The third kappa shape index (κ3) is 2.79. The minimum Gasteiger partial charge on any atom is -0.497 e. The molecule has 0 aliphatic heterocycles. The summed E-state index contributed by atoms with van der Waals surface area (Å²) in [5.74, 6) is -0.358. The van der Waals surface area contributed by atoms with Gasteiger partial charge >= 0.3 is 5.97 Å². The number of nitrogens with zero attached hydrogens (tertiary/aromatic N) is 3. The highest BCUT2D eigenvalue weighted by molar-refractivity contribution is 7.99. The summed E-state index contributed by atoms with van der Waals surface area (Å²) in [6, 6.07) is 8.54. The third-order valence-corrected chi connectivity index (χ3v) is 3.54. The molecular formula is C13H10N4O3S. The van der Waals surface area contributed by atoms with Crippen LogP contribution in [0.15, 0.2) is 40.5 Å². The number of aromatic carboxylic acids is 1. The van der Waals surface area contributed by atoms with Crippen molar-refractivity contribution >= 4 is 28.8 Å². The second-order valence-electron chi connectivity index (χ2n) is 4.09. The van der Waals surface area contributed by atoms with Gasteiger partial charge in [-0.05, 0) is 36.0 Å². The molecule has 2 N–H and O–H groups in total. The number of fused-ring (bicyclic) bond motifs is 1. The molecule has 0 aliphatic rings. The van der Waals surface area contributed by atoms with Gasteiger partial charge < -0.3 is 14.8 Å². The molecule has 0 bridgehead atoms. The Morgan fingerprint density at radius 1 is 1.29 bits per heavy atom. The highest BCUT2D eigenvalue weighted by Gasteiger charge is 2.09. The lowest BCUT2D eigenvalue weighted by molar-refractivity contribution is 0.0689. The number of aromatic amines is 1. The SMILES string of the molecule is COc1ccc2nc(Sc3ccc(C(=O)O)nn3)[nH]c2c1. The van der Waals surface area contributed by atoms with Crippen LogP contribution in [-0.2, 0) is 0 Å². The van der Waals surface area contributed by atoms with E-state index < -0.39 is 5.97 Å². The van der Waals surface area contributed by atoms with Crippen molar-refractivity contribution in [3.8, 4) is 5.75 Å². The molecule has 0 spiro atoms. The first-order valence-electron chi connectivity index (χ1n) is 5.94. The Hall–Kier alpha value is -2.61. The summed E-state index contributed by atoms with van der Waals surface area (Å²) in [4.78, 5) is 18.3. The number of rotatable bonds is 4. The largest absolute Gasteiger partial charge is 0.497 e. The Morgan fingerprint density at radius 3 is 2.81 bits per heavy atom. The summed E-state index contributed by atoms with van der Waals surface area (Å²) in [6.45, 7) is 0. The Balaban J connectivity index is 1.85. The molecule has 2 aromatic heterocycles. The van der Waals surface area contributed by atoms with Gasteiger partial charge in [0.25, 0.3) is 0 Å². The van der Waals surface area contributed by atoms with E-state index in [4.69, 9.17) is 9.84 Å². The highest BCUT2D eigenvalue weighted by Crippen LogP contribution is 2.26. The zero-order chi connectivity index (χ0) is 14.8. The van der Waals surface area contributed by atoms with E-state index in [0.717, 1.165) is 16.8 Å². The van der Waals surface area contributed by atoms with Crippen LogP contribution in [-0.4, -0.2) is 38.4 Å². The average Bonchev–Trinajstić information content (AvgIpc) is 2.88.